The first-order valence-electron chi connectivity index (χ1n) is 6.80. The van der Waals surface area contributed by atoms with Gasteiger partial charge in [0.25, 0.3) is 0 Å². The van der Waals surface area contributed by atoms with Crippen LogP contribution in [0, 0.1) is 5.92 Å². The maximum Gasteiger partial charge on any atom is 0.310 e. The molecule has 0 aromatic rings. The van der Waals surface area contributed by atoms with Gasteiger partial charge in [-0.25, -0.2) is 0 Å². The van der Waals surface area contributed by atoms with Crippen molar-refractivity contribution < 1.29 is 14.3 Å². The summed E-state index contributed by atoms with van der Waals surface area (Å²) in [5.41, 5.74) is 0. The zero-order chi connectivity index (χ0) is 12.1. The summed E-state index contributed by atoms with van der Waals surface area (Å²) in [4.78, 5) is 14.1. The molecule has 4 heteroatoms. The van der Waals surface area contributed by atoms with Crippen LogP contribution < -0.4 is 0 Å². The van der Waals surface area contributed by atoms with Gasteiger partial charge in [0.15, 0.2) is 0 Å². The molecule has 4 nitrogen and oxygen atoms in total. The minimum atomic E-state index is -0.0236. The lowest BCUT2D eigenvalue weighted by atomic mass is 9.98. The van der Waals surface area contributed by atoms with E-state index >= 15 is 0 Å². The van der Waals surface area contributed by atoms with Crippen LogP contribution >= 0.6 is 0 Å². The number of carbonyl (C=O) groups excluding carboxylic acids is 1. The Morgan fingerprint density at radius 1 is 1.41 bits per heavy atom. The number of esters is 1. The van der Waals surface area contributed by atoms with Crippen LogP contribution in [0.5, 0.6) is 0 Å². The van der Waals surface area contributed by atoms with E-state index in [-0.39, 0.29) is 11.9 Å². The fourth-order valence-corrected chi connectivity index (χ4v) is 2.75. The number of rotatable bonds is 4. The third-order valence-corrected chi connectivity index (χ3v) is 3.61. The van der Waals surface area contributed by atoms with Crippen molar-refractivity contribution in [1.29, 1.82) is 0 Å². The predicted molar refractivity (Wildman–Crippen MR) is 64.8 cm³/mol. The molecular weight excluding hydrogens is 218 g/mol. The maximum atomic E-state index is 11.7. The fraction of sp³-hybridized carbons (Fsp3) is 0.923. The Hall–Kier alpha value is -0.610. The second-order valence-electron chi connectivity index (χ2n) is 4.99. The normalized spacial score (nSPS) is 30.4. The van der Waals surface area contributed by atoms with Crippen molar-refractivity contribution >= 4 is 5.97 Å². The number of ether oxygens (including phenoxy) is 2. The van der Waals surface area contributed by atoms with Gasteiger partial charge in [-0.05, 0) is 39.2 Å². The quantitative estimate of drug-likeness (QED) is 0.698. The zero-order valence-electron chi connectivity index (χ0n) is 10.7. The van der Waals surface area contributed by atoms with E-state index in [4.69, 9.17) is 9.47 Å². The molecule has 0 aromatic carbocycles. The summed E-state index contributed by atoms with van der Waals surface area (Å²) in [6.45, 7) is 6.18. The zero-order valence-corrected chi connectivity index (χ0v) is 10.7. The minimum Gasteiger partial charge on any atom is -0.466 e. The number of hydrogen-bond acceptors (Lipinski definition) is 4. The Balaban J connectivity index is 1.77. The summed E-state index contributed by atoms with van der Waals surface area (Å²) in [5.74, 6) is 0.0506. The van der Waals surface area contributed by atoms with E-state index in [2.05, 4.69) is 4.90 Å². The molecule has 2 atom stereocenters. The van der Waals surface area contributed by atoms with Crippen molar-refractivity contribution in [2.24, 2.45) is 5.92 Å². The lowest BCUT2D eigenvalue weighted by Crippen LogP contribution is -2.42. The third-order valence-electron chi connectivity index (χ3n) is 3.61. The number of hydrogen-bond donors (Lipinski definition) is 0. The highest BCUT2D eigenvalue weighted by Crippen LogP contribution is 2.20. The molecule has 0 spiro atoms. The molecule has 0 aliphatic carbocycles. The standard InChI is InChI=1S/C13H23NO3/c1-2-16-13(15)11-5-3-7-14(9-11)10-12-6-4-8-17-12/h11-12H,2-10H2,1H3/t11-,12+/m0/s1. The molecule has 2 aliphatic heterocycles. The van der Waals surface area contributed by atoms with Crippen molar-refractivity contribution in [3.05, 3.63) is 0 Å². The van der Waals surface area contributed by atoms with Crippen LogP contribution in [0.2, 0.25) is 0 Å². The van der Waals surface area contributed by atoms with E-state index in [1.807, 2.05) is 6.92 Å². The average Bonchev–Trinajstić information content (AvgIpc) is 2.82. The van der Waals surface area contributed by atoms with Gasteiger partial charge in [-0.1, -0.05) is 0 Å². The van der Waals surface area contributed by atoms with Gasteiger partial charge in [0.1, 0.15) is 0 Å². The van der Waals surface area contributed by atoms with Crippen LogP contribution in [0.25, 0.3) is 0 Å². The van der Waals surface area contributed by atoms with Crippen molar-refractivity contribution in [1.82, 2.24) is 4.90 Å². The molecule has 2 heterocycles. The van der Waals surface area contributed by atoms with Gasteiger partial charge in [0, 0.05) is 19.7 Å². The molecule has 0 unspecified atom stereocenters. The van der Waals surface area contributed by atoms with Gasteiger partial charge in [0.2, 0.25) is 0 Å². The molecule has 0 aromatic heterocycles. The van der Waals surface area contributed by atoms with E-state index in [1.165, 1.54) is 12.8 Å². The van der Waals surface area contributed by atoms with Crippen LogP contribution in [0.15, 0.2) is 0 Å². The Bertz CT molecular complexity index is 251. The Morgan fingerprint density at radius 2 is 2.29 bits per heavy atom. The second-order valence-corrected chi connectivity index (χ2v) is 4.99. The van der Waals surface area contributed by atoms with Gasteiger partial charge in [-0.15, -0.1) is 0 Å². The van der Waals surface area contributed by atoms with Gasteiger partial charge in [0.05, 0.1) is 18.6 Å². The Labute approximate surface area is 103 Å². The molecule has 17 heavy (non-hydrogen) atoms. The molecular formula is C13H23NO3. The van der Waals surface area contributed by atoms with Gasteiger partial charge >= 0.3 is 5.97 Å². The highest BCUT2D eigenvalue weighted by atomic mass is 16.5. The first-order chi connectivity index (χ1) is 8.29. The molecule has 2 fully saturated rings. The van der Waals surface area contributed by atoms with E-state index < -0.39 is 0 Å². The molecule has 0 amide bonds. The summed E-state index contributed by atoms with van der Waals surface area (Å²) < 4.78 is 10.7. The molecule has 0 N–H and O–H groups in total. The monoisotopic (exact) mass is 241 g/mol. The topological polar surface area (TPSA) is 38.8 Å². The van der Waals surface area contributed by atoms with Crippen LogP contribution in [0.1, 0.15) is 32.6 Å². The van der Waals surface area contributed by atoms with E-state index in [0.717, 1.165) is 39.1 Å². The van der Waals surface area contributed by atoms with E-state index in [9.17, 15) is 4.79 Å². The van der Waals surface area contributed by atoms with E-state index in [0.29, 0.717) is 12.7 Å². The molecule has 0 bridgehead atoms. The largest absolute Gasteiger partial charge is 0.466 e. The number of piperidine rings is 1. The SMILES string of the molecule is CCOC(=O)[C@H]1CCCN(C[C@H]2CCCO2)C1. The Morgan fingerprint density at radius 3 is 3.00 bits per heavy atom. The summed E-state index contributed by atoms with van der Waals surface area (Å²) in [6.07, 6.45) is 4.80. The van der Waals surface area contributed by atoms with Crippen molar-refractivity contribution in [2.75, 3.05) is 32.8 Å². The fourth-order valence-electron chi connectivity index (χ4n) is 2.75. The van der Waals surface area contributed by atoms with E-state index in [1.54, 1.807) is 0 Å². The van der Waals surface area contributed by atoms with Crippen molar-refractivity contribution in [3.8, 4) is 0 Å². The summed E-state index contributed by atoms with van der Waals surface area (Å²) >= 11 is 0. The maximum absolute atomic E-state index is 11.7. The summed E-state index contributed by atoms with van der Waals surface area (Å²) in [6, 6.07) is 0. The second kappa shape index (κ2) is 6.36. The molecule has 0 radical (unpaired) electrons. The average molecular weight is 241 g/mol. The molecule has 2 saturated heterocycles. The molecule has 0 saturated carbocycles. The smallest absolute Gasteiger partial charge is 0.310 e. The van der Waals surface area contributed by atoms with Gasteiger partial charge in [-0.2, -0.15) is 0 Å². The molecule has 2 rings (SSSR count). The number of likely N-dealkylation sites (tertiary alicyclic amines) is 1. The van der Waals surface area contributed by atoms with Crippen molar-refractivity contribution in [2.45, 2.75) is 38.7 Å². The highest BCUT2D eigenvalue weighted by molar-refractivity contribution is 5.72. The van der Waals surface area contributed by atoms with Crippen LogP contribution in [0.3, 0.4) is 0 Å². The highest BCUT2D eigenvalue weighted by Gasteiger charge is 2.28. The van der Waals surface area contributed by atoms with Crippen LogP contribution in [-0.2, 0) is 14.3 Å². The van der Waals surface area contributed by atoms with Gasteiger partial charge < -0.3 is 9.47 Å². The van der Waals surface area contributed by atoms with Crippen LogP contribution in [0.4, 0.5) is 0 Å². The third kappa shape index (κ3) is 3.68. The lowest BCUT2D eigenvalue weighted by Gasteiger charge is -2.32. The number of nitrogens with zero attached hydrogens (tertiary/aromatic N) is 1. The lowest BCUT2D eigenvalue weighted by molar-refractivity contribution is -0.150. The molecule has 98 valence electrons. The van der Waals surface area contributed by atoms with Gasteiger partial charge in [-0.3, -0.25) is 9.69 Å². The predicted octanol–water partition coefficient (Wildman–Crippen LogP) is 1.44. The Kier molecular flexibility index (Phi) is 4.80. The molecule has 2 aliphatic rings. The first kappa shape index (κ1) is 12.8. The first-order valence-corrected chi connectivity index (χ1v) is 6.80. The summed E-state index contributed by atoms with van der Waals surface area (Å²) in [7, 11) is 0. The number of carbonyl (C=O) groups is 1. The minimum absolute atomic E-state index is 0.0236. The van der Waals surface area contributed by atoms with Crippen LogP contribution in [-0.4, -0.2) is 49.8 Å². The summed E-state index contributed by atoms with van der Waals surface area (Å²) in [5, 5.41) is 0. The van der Waals surface area contributed by atoms with Crippen molar-refractivity contribution in [3.63, 3.8) is 0 Å².